The van der Waals surface area contributed by atoms with Crippen LogP contribution in [0.15, 0.2) is 48.9 Å². The van der Waals surface area contributed by atoms with Crippen LogP contribution in [-0.4, -0.2) is 40.3 Å². The minimum absolute atomic E-state index is 0.0856. The molecule has 26 heavy (non-hydrogen) atoms. The number of hydrogen-bond acceptors (Lipinski definition) is 4. The van der Waals surface area contributed by atoms with Crippen LogP contribution in [-0.2, 0) is 9.53 Å². The van der Waals surface area contributed by atoms with Crippen LogP contribution in [0.1, 0.15) is 18.4 Å². The summed E-state index contributed by atoms with van der Waals surface area (Å²) in [6.07, 6.45) is 10.8. The molecule has 1 saturated carbocycles. The van der Waals surface area contributed by atoms with Crippen molar-refractivity contribution < 1.29 is 9.53 Å². The second-order valence-corrected chi connectivity index (χ2v) is 6.50. The average molecular weight is 348 g/mol. The molecule has 0 atom stereocenters. The van der Waals surface area contributed by atoms with E-state index in [1.807, 2.05) is 30.5 Å². The van der Waals surface area contributed by atoms with Crippen molar-refractivity contribution in [2.75, 3.05) is 7.11 Å². The summed E-state index contributed by atoms with van der Waals surface area (Å²) in [6.45, 7) is 0. The van der Waals surface area contributed by atoms with Crippen LogP contribution < -0.4 is 5.32 Å². The number of rotatable bonds is 5. The molecule has 0 bridgehead atoms. The van der Waals surface area contributed by atoms with Gasteiger partial charge in [-0.1, -0.05) is 6.07 Å². The quantitative estimate of drug-likeness (QED) is 0.695. The SMILES string of the molecule is COC1CC(NC(=O)/C=C/c2ccncc2-c2ccc3[nH]ncc3c2)C1. The molecule has 1 fully saturated rings. The van der Waals surface area contributed by atoms with E-state index in [9.17, 15) is 4.79 Å². The third kappa shape index (κ3) is 3.36. The number of aromatic amines is 1. The molecule has 1 aliphatic carbocycles. The van der Waals surface area contributed by atoms with Crippen molar-refractivity contribution >= 4 is 22.9 Å². The molecule has 1 aromatic carbocycles. The predicted octanol–water partition coefficient (Wildman–Crippen LogP) is 2.93. The van der Waals surface area contributed by atoms with Crippen LogP contribution >= 0.6 is 0 Å². The molecule has 0 saturated heterocycles. The lowest BCUT2D eigenvalue weighted by Crippen LogP contribution is -2.46. The summed E-state index contributed by atoms with van der Waals surface area (Å²) in [7, 11) is 1.70. The van der Waals surface area contributed by atoms with E-state index in [2.05, 4.69) is 26.6 Å². The van der Waals surface area contributed by atoms with Gasteiger partial charge in [0.15, 0.2) is 0 Å². The molecular weight excluding hydrogens is 328 g/mol. The number of pyridine rings is 1. The molecule has 2 aromatic heterocycles. The number of amides is 1. The van der Waals surface area contributed by atoms with Crippen molar-refractivity contribution in [3.05, 3.63) is 54.5 Å². The van der Waals surface area contributed by atoms with Gasteiger partial charge in [-0.3, -0.25) is 14.9 Å². The number of H-pyrrole nitrogens is 1. The summed E-state index contributed by atoms with van der Waals surface area (Å²) in [5.41, 5.74) is 3.95. The summed E-state index contributed by atoms with van der Waals surface area (Å²) < 4.78 is 5.23. The van der Waals surface area contributed by atoms with Crippen LogP contribution in [0.25, 0.3) is 28.1 Å². The smallest absolute Gasteiger partial charge is 0.244 e. The normalized spacial score (nSPS) is 19.6. The van der Waals surface area contributed by atoms with E-state index in [1.54, 1.807) is 25.6 Å². The van der Waals surface area contributed by atoms with Gasteiger partial charge in [-0.15, -0.1) is 0 Å². The van der Waals surface area contributed by atoms with Crippen molar-refractivity contribution in [2.45, 2.75) is 25.0 Å². The largest absolute Gasteiger partial charge is 0.381 e. The Kier molecular flexibility index (Phi) is 4.50. The number of ether oxygens (including phenoxy) is 1. The molecule has 0 aliphatic heterocycles. The highest BCUT2D eigenvalue weighted by Crippen LogP contribution is 2.27. The number of benzene rings is 1. The third-order valence-electron chi connectivity index (χ3n) is 4.79. The highest BCUT2D eigenvalue weighted by Gasteiger charge is 2.29. The topological polar surface area (TPSA) is 79.9 Å². The van der Waals surface area contributed by atoms with E-state index >= 15 is 0 Å². The van der Waals surface area contributed by atoms with Gasteiger partial charge in [-0.2, -0.15) is 5.10 Å². The van der Waals surface area contributed by atoms with Crippen LogP contribution in [0, 0.1) is 0 Å². The minimum Gasteiger partial charge on any atom is -0.381 e. The number of nitrogens with zero attached hydrogens (tertiary/aromatic N) is 2. The average Bonchev–Trinajstić information content (AvgIpc) is 3.10. The molecule has 0 radical (unpaired) electrons. The maximum atomic E-state index is 12.1. The Labute approximate surface area is 151 Å². The van der Waals surface area contributed by atoms with E-state index in [1.165, 1.54) is 0 Å². The first-order valence-corrected chi connectivity index (χ1v) is 8.62. The second kappa shape index (κ2) is 7.09. The number of hydrogen-bond donors (Lipinski definition) is 2. The summed E-state index contributed by atoms with van der Waals surface area (Å²) in [4.78, 5) is 16.4. The minimum atomic E-state index is -0.0856. The molecule has 2 heterocycles. The Balaban J connectivity index is 1.51. The van der Waals surface area contributed by atoms with Gasteiger partial charge in [0.2, 0.25) is 5.91 Å². The van der Waals surface area contributed by atoms with E-state index in [4.69, 9.17) is 4.74 Å². The molecule has 6 heteroatoms. The predicted molar refractivity (Wildman–Crippen MR) is 100 cm³/mol. The van der Waals surface area contributed by atoms with Crippen molar-refractivity contribution in [3.8, 4) is 11.1 Å². The number of fused-ring (bicyclic) bond motifs is 1. The summed E-state index contributed by atoms with van der Waals surface area (Å²) >= 11 is 0. The maximum Gasteiger partial charge on any atom is 0.244 e. The number of carbonyl (C=O) groups excluding carboxylic acids is 1. The van der Waals surface area contributed by atoms with Gasteiger partial charge in [0, 0.05) is 42.6 Å². The fourth-order valence-corrected chi connectivity index (χ4v) is 3.19. The lowest BCUT2D eigenvalue weighted by Gasteiger charge is -2.34. The fourth-order valence-electron chi connectivity index (χ4n) is 3.19. The molecule has 132 valence electrons. The standard InChI is InChI=1S/C20H20N4O2/c1-26-17-9-16(10-17)23-20(25)5-3-13-6-7-21-12-18(13)14-2-4-19-15(8-14)11-22-24-19/h2-8,11-12,16-17H,9-10H2,1H3,(H,22,24)(H,23,25)/b5-3+. The molecule has 2 N–H and O–H groups in total. The summed E-state index contributed by atoms with van der Waals surface area (Å²) in [6, 6.07) is 8.19. The zero-order valence-electron chi connectivity index (χ0n) is 14.5. The molecule has 3 aromatic rings. The zero-order chi connectivity index (χ0) is 17.9. The zero-order valence-corrected chi connectivity index (χ0v) is 14.5. The van der Waals surface area contributed by atoms with Crippen molar-refractivity contribution in [1.29, 1.82) is 0 Å². The van der Waals surface area contributed by atoms with E-state index in [0.717, 1.165) is 40.4 Å². The number of carbonyl (C=O) groups is 1. The molecule has 6 nitrogen and oxygen atoms in total. The Morgan fingerprint density at radius 2 is 2.19 bits per heavy atom. The van der Waals surface area contributed by atoms with Gasteiger partial charge in [0.1, 0.15) is 0 Å². The Hall–Kier alpha value is -2.99. The first kappa shape index (κ1) is 16.5. The Morgan fingerprint density at radius 3 is 3.04 bits per heavy atom. The number of nitrogens with one attached hydrogen (secondary N) is 2. The molecule has 1 aliphatic rings. The maximum absolute atomic E-state index is 12.1. The van der Waals surface area contributed by atoms with Crippen molar-refractivity contribution in [1.82, 2.24) is 20.5 Å². The Bertz CT molecular complexity index is 957. The van der Waals surface area contributed by atoms with Crippen LogP contribution in [0.2, 0.25) is 0 Å². The van der Waals surface area contributed by atoms with Crippen LogP contribution in [0.3, 0.4) is 0 Å². The lowest BCUT2D eigenvalue weighted by molar-refractivity contribution is -0.118. The van der Waals surface area contributed by atoms with Gasteiger partial charge in [-0.25, -0.2) is 0 Å². The Morgan fingerprint density at radius 1 is 1.31 bits per heavy atom. The van der Waals surface area contributed by atoms with Gasteiger partial charge in [0.25, 0.3) is 0 Å². The first-order valence-electron chi connectivity index (χ1n) is 8.62. The summed E-state index contributed by atoms with van der Waals surface area (Å²) in [5, 5.41) is 11.0. The van der Waals surface area contributed by atoms with Crippen LogP contribution in [0.4, 0.5) is 0 Å². The lowest BCUT2D eigenvalue weighted by atomic mass is 9.89. The number of aromatic nitrogens is 3. The number of methoxy groups -OCH3 is 1. The van der Waals surface area contributed by atoms with Crippen molar-refractivity contribution in [3.63, 3.8) is 0 Å². The molecule has 1 amide bonds. The summed E-state index contributed by atoms with van der Waals surface area (Å²) in [5.74, 6) is -0.0856. The van der Waals surface area contributed by atoms with Crippen molar-refractivity contribution in [2.24, 2.45) is 0 Å². The highest BCUT2D eigenvalue weighted by molar-refractivity contribution is 5.94. The van der Waals surface area contributed by atoms with E-state index in [0.29, 0.717) is 0 Å². The van der Waals surface area contributed by atoms with E-state index in [-0.39, 0.29) is 18.1 Å². The molecular formula is C20H20N4O2. The molecule has 0 unspecified atom stereocenters. The fraction of sp³-hybridized carbons (Fsp3) is 0.250. The highest BCUT2D eigenvalue weighted by atomic mass is 16.5. The second-order valence-electron chi connectivity index (χ2n) is 6.50. The monoisotopic (exact) mass is 348 g/mol. The van der Waals surface area contributed by atoms with Gasteiger partial charge >= 0.3 is 0 Å². The third-order valence-corrected chi connectivity index (χ3v) is 4.79. The van der Waals surface area contributed by atoms with E-state index < -0.39 is 0 Å². The molecule has 4 rings (SSSR count). The first-order chi connectivity index (χ1) is 12.7. The van der Waals surface area contributed by atoms with Gasteiger partial charge < -0.3 is 10.1 Å². The van der Waals surface area contributed by atoms with Crippen LogP contribution in [0.5, 0.6) is 0 Å². The van der Waals surface area contributed by atoms with Gasteiger partial charge in [-0.05, 0) is 48.2 Å². The van der Waals surface area contributed by atoms with Gasteiger partial charge in [0.05, 0.1) is 17.8 Å². The molecule has 0 spiro atoms.